The van der Waals surface area contributed by atoms with E-state index in [1.54, 1.807) is 18.2 Å². The van der Waals surface area contributed by atoms with E-state index in [2.05, 4.69) is 5.32 Å². The molecule has 3 heterocycles. The van der Waals surface area contributed by atoms with Gasteiger partial charge in [-0.15, -0.1) is 0 Å². The number of ether oxygens (including phenoxy) is 1. The van der Waals surface area contributed by atoms with Crippen LogP contribution >= 0.6 is 11.6 Å². The van der Waals surface area contributed by atoms with E-state index in [1.165, 1.54) is 12.0 Å². The Hall–Kier alpha value is -3.32. The number of hydrogen-bond donors (Lipinski definition) is 1. The normalized spacial score (nSPS) is 27.1. The van der Waals surface area contributed by atoms with Gasteiger partial charge in [0.25, 0.3) is 0 Å². The van der Waals surface area contributed by atoms with E-state index in [1.807, 2.05) is 41.4 Å². The maximum Gasteiger partial charge on any atom is 0.248 e. The quantitative estimate of drug-likeness (QED) is 0.613. The lowest BCUT2D eigenvalue weighted by molar-refractivity contribution is -0.146. The number of carbonyl (C=O) groups excluding carboxylic acids is 3. The summed E-state index contributed by atoms with van der Waals surface area (Å²) in [5.41, 5.74) is 2.40. The van der Waals surface area contributed by atoms with Gasteiger partial charge in [0.15, 0.2) is 0 Å². The molecule has 8 heteroatoms. The van der Waals surface area contributed by atoms with E-state index >= 15 is 0 Å². The van der Waals surface area contributed by atoms with Crippen molar-refractivity contribution in [3.05, 3.63) is 64.8 Å². The number of nitrogens with zero attached hydrogens (tertiary/aromatic N) is 2. The molecule has 2 saturated heterocycles. The molecule has 0 aromatic heterocycles. The molecule has 0 unspecified atom stereocenters. The highest BCUT2D eigenvalue weighted by molar-refractivity contribution is 6.31. The lowest BCUT2D eigenvalue weighted by Crippen LogP contribution is -2.49. The second-order valence-electron chi connectivity index (χ2n) is 10.0. The number of halogens is 1. The fourth-order valence-corrected chi connectivity index (χ4v) is 6.74. The van der Waals surface area contributed by atoms with Crippen LogP contribution < -0.4 is 10.1 Å². The standard InChI is InChI=1S/C28H28ClN3O4/c1-36-21-12-11-17(29)15-20(21)30-26(33)25-23-22(24-19-10-6-5-7-16(19)13-14-31(24)25)27(34)32(28(23)35)18-8-3-2-4-9-18/h5-7,10-15,18,22-25H,2-4,8-9H2,1H3,(H,30,33)/t22-,23+,24-,25-/m0/s1. The zero-order chi connectivity index (χ0) is 25.0. The van der Waals surface area contributed by atoms with E-state index in [0.717, 1.165) is 43.2 Å². The van der Waals surface area contributed by atoms with Crippen LogP contribution in [0.2, 0.25) is 5.02 Å². The smallest absolute Gasteiger partial charge is 0.248 e. The Bertz CT molecular complexity index is 1270. The average Bonchev–Trinajstić information content (AvgIpc) is 3.37. The van der Waals surface area contributed by atoms with Crippen LogP contribution in [-0.4, -0.2) is 46.7 Å². The fraction of sp³-hybridized carbons (Fsp3) is 0.393. The van der Waals surface area contributed by atoms with Crippen molar-refractivity contribution in [3.63, 3.8) is 0 Å². The first-order chi connectivity index (χ1) is 17.5. The lowest BCUT2D eigenvalue weighted by atomic mass is 9.84. The SMILES string of the molecule is COc1ccc(Cl)cc1NC(=O)[C@@H]1[C@@H]2C(=O)N(C3CCCCC3)C(=O)[C@@H]2[C@@H]2c3ccccc3C=CN12. The number of carbonyl (C=O) groups is 3. The Labute approximate surface area is 215 Å². The highest BCUT2D eigenvalue weighted by Gasteiger charge is 2.65. The number of methoxy groups -OCH3 is 1. The van der Waals surface area contributed by atoms with Crippen molar-refractivity contribution < 1.29 is 19.1 Å². The monoisotopic (exact) mass is 505 g/mol. The Kier molecular flexibility index (Phi) is 5.75. The van der Waals surface area contributed by atoms with E-state index in [9.17, 15) is 14.4 Å². The predicted molar refractivity (Wildman–Crippen MR) is 136 cm³/mol. The zero-order valence-electron chi connectivity index (χ0n) is 20.0. The average molecular weight is 506 g/mol. The largest absolute Gasteiger partial charge is 0.495 e. The lowest BCUT2D eigenvalue weighted by Gasteiger charge is -2.37. The van der Waals surface area contributed by atoms with Gasteiger partial charge in [0, 0.05) is 17.3 Å². The van der Waals surface area contributed by atoms with Crippen LogP contribution in [-0.2, 0) is 14.4 Å². The Morgan fingerprint density at radius 1 is 1.03 bits per heavy atom. The fourth-order valence-electron chi connectivity index (χ4n) is 6.56. The molecule has 1 saturated carbocycles. The van der Waals surface area contributed by atoms with Crippen LogP contribution in [0.25, 0.3) is 6.08 Å². The summed E-state index contributed by atoms with van der Waals surface area (Å²) in [5.74, 6) is -1.63. The molecule has 3 fully saturated rings. The van der Waals surface area contributed by atoms with Gasteiger partial charge in [-0.3, -0.25) is 19.3 Å². The zero-order valence-corrected chi connectivity index (χ0v) is 20.8. The highest BCUT2D eigenvalue weighted by Crippen LogP contribution is 2.53. The third-order valence-electron chi connectivity index (χ3n) is 8.12. The van der Waals surface area contributed by atoms with Gasteiger partial charge < -0.3 is 15.0 Å². The second-order valence-corrected chi connectivity index (χ2v) is 10.4. The Morgan fingerprint density at radius 3 is 2.56 bits per heavy atom. The van der Waals surface area contributed by atoms with E-state index in [-0.39, 0.29) is 29.8 Å². The van der Waals surface area contributed by atoms with Crippen LogP contribution in [0.1, 0.15) is 49.3 Å². The van der Waals surface area contributed by atoms with Crippen molar-refractivity contribution in [1.82, 2.24) is 9.80 Å². The van der Waals surface area contributed by atoms with Gasteiger partial charge in [-0.1, -0.05) is 55.1 Å². The van der Waals surface area contributed by atoms with Gasteiger partial charge in [-0.25, -0.2) is 0 Å². The summed E-state index contributed by atoms with van der Waals surface area (Å²) in [7, 11) is 1.52. The van der Waals surface area contributed by atoms with Crippen molar-refractivity contribution >= 4 is 41.1 Å². The molecule has 2 aromatic carbocycles. The first-order valence-corrected chi connectivity index (χ1v) is 12.9. The van der Waals surface area contributed by atoms with Crippen molar-refractivity contribution in [1.29, 1.82) is 0 Å². The maximum atomic E-state index is 13.9. The van der Waals surface area contributed by atoms with Crippen LogP contribution in [0.5, 0.6) is 5.75 Å². The number of fused-ring (bicyclic) bond motifs is 5. The Balaban J connectivity index is 1.41. The number of nitrogens with one attached hydrogen (secondary N) is 1. The third kappa shape index (κ3) is 3.52. The minimum absolute atomic E-state index is 0.0797. The van der Waals surface area contributed by atoms with E-state index in [4.69, 9.17) is 16.3 Å². The summed E-state index contributed by atoms with van der Waals surface area (Å²) < 4.78 is 5.41. The van der Waals surface area contributed by atoms with Crippen molar-refractivity contribution in [2.75, 3.05) is 12.4 Å². The summed E-state index contributed by atoms with van der Waals surface area (Å²) in [6, 6.07) is 11.6. The number of anilines is 1. The van der Waals surface area contributed by atoms with Crippen LogP contribution in [0.4, 0.5) is 5.69 Å². The summed E-state index contributed by atoms with van der Waals surface area (Å²) in [4.78, 5) is 45.1. The number of amides is 3. The molecule has 1 N–H and O–H groups in total. The summed E-state index contributed by atoms with van der Waals surface area (Å²) in [5, 5.41) is 3.39. The molecule has 4 aliphatic rings. The molecule has 2 aromatic rings. The summed E-state index contributed by atoms with van der Waals surface area (Å²) in [6.45, 7) is 0. The molecular formula is C28H28ClN3O4. The number of imide groups is 1. The van der Waals surface area contributed by atoms with Gasteiger partial charge in [0.05, 0.1) is 30.7 Å². The molecule has 0 radical (unpaired) electrons. The number of rotatable bonds is 4. The molecule has 3 amide bonds. The summed E-state index contributed by atoms with van der Waals surface area (Å²) in [6.07, 6.45) is 8.61. The topological polar surface area (TPSA) is 79.0 Å². The Morgan fingerprint density at radius 2 is 1.78 bits per heavy atom. The molecule has 1 aliphatic carbocycles. The van der Waals surface area contributed by atoms with Crippen molar-refractivity contribution in [2.24, 2.45) is 11.8 Å². The van der Waals surface area contributed by atoms with Crippen molar-refractivity contribution in [3.8, 4) is 5.75 Å². The molecule has 7 nitrogen and oxygen atoms in total. The van der Waals surface area contributed by atoms with Gasteiger partial charge in [0.1, 0.15) is 11.8 Å². The van der Waals surface area contributed by atoms with Gasteiger partial charge in [0.2, 0.25) is 17.7 Å². The van der Waals surface area contributed by atoms with Gasteiger partial charge in [-0.2, -0.15) is 0 Å². The molecule has 186 valence electrons. The predicted octanol–water partition coefficient (Wildman–Crippen LogP) is 4.63. The maximum absolute atomic E-state index is 13.9. The first kappa shape index (κ1) is 23.1. The van der Waals surface area contributed by atoms with Crippen molar-refractivity contribution in [2.45, 2.75) is 50.2 Å². The molecular weight excluding hydrogens is 478 g/mol. The number of benzene rings is 2. The number of likely N-dealkylation sites (tertiary alicyclic amines) is 1. The summed E-state index contributed by atoms with van der Waals surface area (Å²) >= 11 is 6.19. The van der Waals surface area contributed by atoms with Gasteiger partial charge in [-0.05, 0) is 48.2 Å². The second kappa shape index (κ2) is 8.96. The number of hydrogen-bond acceptors (Lipinski definition) is 5. The van der Waals surface area contributed by atoms with Crippen LogP contribution in [0.3, 0.4) is 0 Å². The minimum Gasteiger partial charge on any atom is -0.495 e. The first-order valence-electron chi connectivity index (χ1n) is 12.6. The molecule has 4 atom stereocenters. The highest BCUT2D eigenvalue weighted by atomic mass is 35.5. The van der Waals surface area contributed by atoms with E-state index in [0.29, 0.717) is 16.5 Å². The molecule has 0 spiro atoms. The minimum atomic E-state index is -0.835. The van der Waals surface area contributed by atoms with E-state index < -0.39 is 17.9 Å². The molecule has 0 bridgehead atoms. The molecule has 6 rings (SSSR count). The third-order valence-corrected chi connectivity index (χ3v) is 8.36. The molecule has 3 aliphatic heterocycles. The van der Waals surface area contributed by atoms with Crippen LogP contribution in [0, 0.1) is 11.8 Å². The van der Waals surface area contributed by atoms with Crippen LogP contribution in [0.15, 0.2) is 48.7 Å². The molecule has 36 heavy (non-hydrogen) atoms. The van der Waals surface area contributed by atoms with Gasteiger partial charge >= 0.3 is 0 Å².